The van der Waals surface area contributed by atoms with Crippen molar-refractivity contribution in [2.45, 2.75) is 11.4 Å². The molecule has 11 heteroatoms. The van der Waals surface area contributed by atoms with Crippen molar-refractivity contribution >= 4 is 43.6 Å². The number of hydrogen-bond donors (Lipinski definition) is 1. The maximum absolute atomic E-state index is 12.6. The van der Waals surface area contributed by atoms with Crippen molar-refractivity contribution in [1.29, 1.82) is 0 Å². The Hall–Kier alpha value is -3.59. The van der Waals surface area contributed by atoms with Crippen molar-refractivity contribution in [1.82, 2.24) is 4.57 Å². The quantitative estimate of drug-likeness (QED) is 0.403. The third-order valence-electron chi connectivity index (χ3n) is 4.54. The summed E-state index contributed by atoms with van der Waals surface area (Å²) in [6.45, 7) is 0.150. The first-order valence-electron chi connectivity index (χ1n) is 9.38. The maximum Gasteiger partial charge on any atom is 0.272 e. The van der Waals surface area contributed by atoms with Gasteiger partial charge in [0.25, 0.3) is 5.91 Å². The number of amides is 1. The van der Waals surface area contributed by atoms with E-state index >= 15 is 0 Å². The standard InChI is InChI=1S/C22H21N3O6S2/c1-5-10-25-16-8-7-15(33(23,27)28)13-19(16)32-22(25)24-20(26)9-6-14-11-17(29-2)21(31-4)18(12-14)30-3/h1,6-9,11-13H,10H2,2-4H3,(H2,23,27,28)/b9-6-,24-22?. The fourth-order valence-corrected chi connectivity index (χ4v) is 4.75. The molecule has 3 aromatic rings. The molecule has 0 aliphatic rings. The molecule has 9 nitrogen and oxygen atoms in total. The molecule has 0 aliphatic carbocycles. The number of fused-ring (bicyclic) bond motifs is 1. The Balaban J connectivity index is 2.02. The van der Waals surface area contributed by atoms with Gasteiger partial charge in [-0.1, -0.05) is 17.3 Å². The number of benzene rings is 2. The van der Waals surface area contributed by atoms with E-state index in [4.69, 9.17) is 25.8 Å². The highest BCUT2D eigenvalue weighted by molar-refractivity contribution is 7.89. The Kier molecular flexibility index (Phi) is 7.23. The first kappa shape index (κ1) is 24.1. The number of nitrogens with zero attached hydrogens (tertiary/aromatic N) is 2. The summed E-state index contributed by atoms with van der Waals surface area (Å²) in [4.78, 5) is 17.0. The zero-order chi connectivity index (χ0) is 24.2. The zero-order valence-electron chi connectivity index (χ0n) is 18.1. The molecule has 1 aromatic heterocycles. The second kappa shape index (κ2) is 9.91. The number of carbonyl (C=O) groups excluding carboxylic acids is 1. The first-order valence-corrected chi connectivity index (χ1v) is 11.7. The Morgan fingerprint density at radius 2 is 1.85 bits per heavy atom. The number of ether oxygens (including phenoxy) is 3. The Labute approximate surface area is 194 Å². The van der Waals surface area contributed by atoms with Gasteiger partial charge in [0.15, 0.2) is 16.3 Å². The molecule has 0 bridgehead atoms. The van der Waals surface area contributed by atoms with Crippen molar-refractivity contribution in [3.05, 3.63) is 46.8 Å². The summed E-state index contributed by atoms with van der Waals surface area (Å²) < 4.78 is 41.5. The van der Waals surface area contributed by atoms with Gasteiger partial charge in [0, 0.05) is 6.08 Å². The lowest BCUT2D eigenvalue weighted by atomic mass is 10.1. The Bertz CT molecular complexity index is 1430. The molecule has 0 saturated carbocycles. The van der Waals surface area contributed by atoms with Gasteiger partial charge in [-0.15, -0.1) is 6.42 Å². The molecule has 1 heterocycles. The maximum atomic E-state index is 12.6. The van der Waals surface area contributed by atoms with Gasteiger partial charge < -0.3 is 18.8 Å². The molecule has 172 valence electrons. The van der Waals surface area contributed by atoms with Gasteiger partial charge in [-0.3, -0.25) is 4.79 Å². The molecule has 0 saturated heterocycles. The third kappa shape index (κ3) is 5.25. The number of thiazole rings is 1. The Morgan fingerprint density at radius 3 is 2.39 bits per heavy atom. The predicted molar refractivity (Wildman–Crippen MR) is 126 cm³/mol. The van der Waals surface area contributed by atoms with E-state index in [1.807, 2.05) is 0 Å². The number of aromatic nitrogens is 1. The van der Waals surface area contributed by atoms with Gasteiger partial charge in [-0.2, -0.15) is 4.99 Å². The highest BCUT2D eigenvalue weighted by Gasteiger charge is 2.14. The number of rotatable bonds is 7. The van der Waals surface area contributed by atoms with Crippen molar-refractivity contribution in [3.8, 4) is 29.6 Å². The molecular weight excluding hydrogens is 466 g/mol. The molecule has 0 unspecified atom stereocenters. The average molecular weight is 488 g/mol. The van der Waals surface area contributed by atoms with Crippen LogP contribution in [0.3, 0.4) is 0 Å². The monoisotopic (exact) mass is 487 g/mol. The van der Waals surface area contributed by atoms with E-state index in [9.17, 15) is 13.2 Å². The van der Waals surface area contributed by atoms with E-state index in [1.54, 1.807) is 28.8 Å². The fourth-order valence-electron chi connectivity index (χ4n) is 3.06. The lowest BCUT2D eigenvalue weighted by Gasteiger charge is -2.12. The minimum Gasteiger partial charge on any atom is -0.493 e. The summed E-state index contributed by atoms with van der Waals surface area (Å²) in [5, 5.41) is 5.21. The van der Waals surface area contributed by atoms with Crippen LogP contribution in [0.2, 0.25) is 0 Å². The number of primary sulfonamides is 1. The number of methoxy groups -OCH3 is 3. The summed E-state index contributed by atoms with van der Waals surface area (Å²) in [6.07, 6.45) is 8.32. The normalized spacial score (nSPS) is 12.2. The smallest absolute Gasteiger partial charge is 0.272 e. The zero-order valence-corrected chi connectivity index (χ0v) is 19.7. The van der Waals surface area contributed by atoms with Crippen LogP contribution in [0.15, 0.2) is 46.3 Å². The summed E-state index contributed by atoms with van der Waals surface area (Å²) in [6, 6.07) is 7.78. The number of terminal acetylenes is 1. The van der Waals surface area contributed by atoms with Crippen molar-refractivity contribution < 1.29 is 27.4 Å². The summed E-state index contributed by atoms with van der Waals surface area (Å²) in [5.41, 5.74) is 1.28. The van der Waals surface area contributed by atoms with E-state index in [1.165, 1.54) is 39.5 Å². The van der Waals surface area contributed by atoms with Gasteiger partial charge in [0.05, 0.1) is 43.0 Å². The minimum absolute atomic E-state index is 0.0377. The molecule has 0 fully saturated rings. The largest absolute Gasteiger partial charge is 0.493 e. The van der Waals surface area contributed by atoms with Crippen LogP contribution in [0.5, 0.6) is 17.2 Å². The molecule has 3 rings (SSSR count). The lowest BCUT2D eigenvalue weighted by Crippen LogP contribution is -2.16. The SMILES string of the molecule is C#CCn1c(=NC(=O)/C=C\c2cc(OC)c(OC)c(OC)c2)sc2cc(S(N)(=O)=O)ccc21. The Morgan fingerprint density at radius 1 is 1.18 bits per heavy atom. The van der Waals surface area contributed by atoms with Crippen LogP contribution in [0.25, 0.3) is 16.3 Å². The van der Waals surface area contributed by atoms with Crippen LogP contribution in [0.4, 0.5) is 0 Å². The van der Waals surface area contributed by atoms with Gasteiger partial charge in [0.2, 0.25) is 15.8 Å². The van der Waals surface area contributed by atoms with Crippen molar-refractivity contribution in [3.63, 3.8) is 0 Å². The molecule has 0 atom stereocenters. The van der Waals surface area contributed by atoms with Gasteiger partial charge >= 0.3 is 0 Å². The summed E-state index contributed by atoms with van der Waals surface area (Å²) in [5.74, 6) is 3.31. The molecular formula is C22H21N3O6S2. The average Bonchev–Trinajstić information content (AvgIpc) is 3.12. The molecule has 0 radical (unpaired) electrons. The van der Waals surface area contributed by atoms with Crippen molar-refractivity contribution in [2.24, 2.45) is 10.1 Å². The second-order valence-corrected chi connectivity index (χ2v) is 9.16. The van der Waals surface area contributed by atoms with Gasteiger partial charge in [0.1, 0.15) is 0 Å². The van der Waals surface area contributed by atoms with E-state index in [0.717, 1.165) is 11.3 Å². The number of carbonyl (C=O) groups is 1. The van der Waals surface area contributed by atoms with Crippen LogP contribution in [0.1, 0.15) is 5.56 Å². The number of hydrogen-bond acceptors (Lipinski definition) is 7. The van der Waals surface area contributed by atoms with E-state index < -0.39 is 15.9 Å². The second-order valence-electron chi connectivity index (χ2n) is 6.59. The molecule has 1 amide bonds. The highest BCUT2D eigenvalue weighted by Crippen LogP contribution is 2.38. The highest BCUT2D eigenvalue weighted by atomic mass is 32.2. The predicted octanol–water partition coefficient (Wildman–Crippen LogP) is 2.15. The van der Waals surface area contributed by atoms with Gasteiger partial charge in [-0.25, -0.2) is 13.6 Å². The molecule has 0 spiro atoms. The lowest BCUT2D eigenvalue weighted by molar-refractivity contribution is -0.113. The van der Waals surface area contributed by atoms with E-state index in [-0.39, 0.29) is 11.4 Å². The third-order valence-corrected chi connectivity index (χ3v) is 6.50. The first-order chi connectivity index (χ1) is 15.7. The molecule has 2 N–H and O–H groups in total. The van der Waals surface area contributed by atoms with Crippen LogP contribution in [-0.2, 0) is 21.4 Å². The summed E-state index contributed by atoms with van der Waals surface area (Å²) >= 11 is 1.13. The van der Waals surface area contributed by atoms with Crippen LogP contribution >= 0.6 is 11.3 Å². The van der Waals surface area contributed by atoms with E-state index in [0.29, 0.717) is 37.8 Å². The topological polar surface area (TPSA) is 122 Å². The minimum atomic E-state index is -3.87. The number of sulfonamides is 1. The number of nitrogens with two attached hydrogens (primary N) is 1. The van der Waals surface area contributed by atoms with Crippen LogP contribution in [0, 0.1) is 12.3 Å². The summed E-state index contributed by atoms with van der Waals surface area (Å²) in [7, 11) is 0.627. The van der Waals surface area contributed by atoms with Crippen LogP contribution in [-0.4, -0.2) is 40.2 Å². The van der Waals surface area contributed by atoms with Crippen LogP contribution < -0.4 is 24.2 Å². The molecule has 2 aromatic carbocycles. The molecule has 33 heavy (non-hydrogen) atoms. The van der Waals surface area contributed by atoms with Crippen molar-refractivity contribution in [2.75, 3.05) is 21.3 Å². The van der Waals surface area contributed by atoms with Gasteiger partial charge in [-0.05, 0) is 42.0 Å². The fraction of sp³-hybridized carbons (Fsp3) is 0.182. The van der Waals surface area contributed by atoms with E-state index in [2.05, 4.69) is 10.9 Å². The molecule has 0 aliphatic heterocycles.